The van der Waals surface area contributed by atoms with Gasteiger partial charge in [-0.05, 0) is 56.0 Å². The Labute approximate surface area is 225 Å². The monoisotopic (exact) mass is 548 g/mol. The van der Waals surface area contributed by atoms with Gasteiger partial charge in [0.05, 0.1) is 10.0 Å². The molecule has 0 aliphatic carbocycles. The van der Waals surface area contributed by atoms with Crippen LogP contribution >= 0.6 is 34.8 Å². The van der Waals surface area contributed by atoms with E-state index in [-0.39, 0.29) is 24.4 Å². The second-order valence-corrected chi connectivity index (χ2v) is 10.0. The van der Waals surface area contributed by atoms with Crippen molar-refractivity contribution in [1.29, 1.82) is 0 Å². The number of benzene rings is 2. The summed E-state index contributed by atoms with van der Waals surface area (Å²) in [6.45, 7) is 3.00. The molecule has 1 fully saturated rings. The molecule has 190 valence electrons. The number of hydrogen-bond acceptors (Lipinski definition) is 5. The van der Waals surface area contributed by atoms with E-state index in [1.165, 1.54) is 6.07 Å². The Balaban J connectivity index is 1.53. The molecule has 1 saturated heterocycles. The maximum absolute atomic E-state index is 13.5. The van der Waals surface area contributed by atoms with Crippen molar-refractivity contribution in [3.8, 4) is 11.4 Å². The van der Waals surface area contributed by atoms with Gasteiger partial charge < -0.3 is 14.3 Å². The highest BCUT2D eigenvalue weighted by Gasteiger charge is 2.33. The number of carbonyl (C=O) groups excluding carboxylic acids is 2. The minimum Gasteiger partial charge on any atom is -0.337 e. The van der Waals surface area contributed by atoms with Gasteiger partial charge in [-0.1, -0.05) is 65.4 Å². The van der Waals surface area contributed by atoms with Gasteiger partial charge in [-0.3, -0.25) is 9.59 Å². The van der Waals surface area contributed by atoms with E-state index in [0.29, 0.717) is 51.9 Å². The number of rotatable bonds is 8. The lowest BCUT2D eigenvalue weighted by atomic mass is 10.0. The van der Waals surface area contributed by atoms with Crippen molar-refractivity contribution in [2.45, 2.75) is 45.1 Å². The van der Waals surface area contributed by atoms with Crippen LogP contribution in [0.25, 0.3) is 11.4 Å². The third-order valence-electron chi connectivity index (χ3n) is 6.19. The number of unbranched alkanes of at least 4 members (excludes halogenated alkanes) is 1. The fraction of sp³-hybridized carbons (Fsp3) is 0.385. The quantitative estimate of drug-likeness (QED) is 0.313. The summed E-state index contributed by atoms with van der Waals surface area (Å²) in [6, 6.07) is 11.6. The molecule has 0 bridgehead atoms. The van der Waals surface area contributed by atoms with Crippen LogP contribution in [0.1, 0.15) is 61.3 Å². The van der Waals surface area contributed by atoms with E-state index in [4.69, 9.17) is 39.3 Å². The van der Waals surface area contributed by atoms with Crippen molar-refractivity contribution in [3.05, 3.63) is 69.0 Å². The van der Waals surface area contributed by atoms with Gasteiger partial charge in [0.15, 0.2) is 0 Å². The van der Waals surface area contributed by atoms with Crippen molar-refractivity contribution in [1.82, 2.24) is 19.9 Å². The number of carbonyl (C=O) groups is 2. The molecule has 2 amide bonds. The molecule has 1 unspecified atom stereocenters. The number of likely N-dealkylation sites (tertiary alicyclic amines) is 1. The highest BCUT2D eigenvalue weighted by molar-refractivity contribution is 6.42. The van der Waals surface area contributed by atoms with Crippen LogP contribution in [0.15, 0.2) is 47.0 Å². The lowest BCUT2D eigenvalue weighted by Crippen LogP contribution is -2.46. The van der Waals surface area contributed by atoms with Crippen molar-refractivity contribution >= 4 is 46.6 Å². The van der Waals surface area contributed by atoms with Gasteiger partial charge in [-0.15, -0.1) is 0 Å². The first-order valence-corrected chi connectivity index (χ1v) is 13.1. The number of piperidine rings is 1. The molecule has 2 heterocycles. The predicted octanol–water partition coefficient (Wildman–Crippen LogP) is 6.69. The van der Waals surface area contributed by atoms with Gasteiger partial charge in [0, 0.05) is 29.2 Å². The molecule has 2 aromatic carbocycles. The van der Waals surface area contributed by atoms with Crippen LogP contribution in [0.2, 0.25) is 15.1 Å². The zero-order chi connectivity index (χ0) is 25.7. The van der Waals surface area contributed by atoms with Crippen LogP contribution < -0.4 is 0 Å². The number of nitrogens with zero attached hydrogens (tertiary/aromatic N) is 4. The van der Waals surface area contributed by atoms with E-state index in [2.05, 4.69) is 10.1 Å². The molecule has 0 spiro atoms. The minimum atomic E-state index is -0.347. The maximum atomic E-state index is 13.5. The minimum absolute atomic E-state index is 0.0507. The number of hydrogen-bond donors (Lipinski definition) is 0. The molecule has 3 aromatic rings. The first-order chi connectivity index (χ1) is 17.4. The Morgan fingerprint density at radius 2 is 1.94 bits per heavy atom. The highest BCUT2D eigenvalue weighted by Crippen LogP contribution is 2.32. The van der Waals surface area contributed by atoms with Crippen molar-refractivity contribution < 1.29 is 14.1 Å². The third-order valence-corrected chi connectivity index (χ3v) is 7.17. The zero-order valence-electron chi connectivity index (χ0n) is 19.9. The molecule has 36 heavy (non-hydrogen) atoms. The van der Waals surface area contributed by atoms with E-state index < -0.39 is 0 Å². The van der Waals surface area contributed by atoms with Gasteiger partial charge in [-0.25, -0.2) is 0 Å². The fourth-order valence-corrected chi connectivity index (χ4v) is 4.76. The summed E-state index contributed by atoms with van der Waals surface area (Å²) in [5, 5.41) is 5.36. The van der Waals surface area contributed by atoms with Crippen molar-refractivity contribution in [2.24, 2.45) is 0 Å². The van der Waals surface area contributed by atoms with Crippen molar-refractivity contribution in [3.63, 3.8) is 0 Å². The van der Waals surface area contributed by atoms with E-state index in [0.717, 1.165) is 31.2 Å². The largest absolute Gasteiger partial charge is 0.337 e. The predicted molar refractivity (Wildman–Crippen MR) is 140 cm³/mol. The Kier molecular flexibility index (Phi) is 8.88. The summed E-state index contributed by atoms with van der Waals surface area (Å²) in [7, 11) is 0. The summed E-state index contributed by atoms with van der Waals surface area (Å²) in [5.74, 6) is 0.385. The van der Waals surface area contributed by atoms with E-state index in [1.807, 2.05) is 19.1 Å². The van der Waals surface area contributed by atoms with E-state index in [9.17, 15) is 9.59 Å². The van der Waals surface area contributed by atoms with E-state index >= 15 is 0 Å². The first-order valence-electron chi connectivity index (χ1n) is 12.0. The summed E-state index contributed by atoms with van der Waals surface area (Å²) in [5.41, 5.74) is 1.13. The lowest BCUT2D eigenvalue weighted by molar-refractivity contribution is -0.136. The molecule has 0 saturated carbocycles. The molecule has 1 aliphatic heterocycles. The SMILES string of the molecule is CCCCN(CC(=O)N1CCCCC1c1nc(-c2cccc(Cl)c2)no1)C(=O)c1ccc(Cl)c(Cl)c1. The van der Waals surface area contributed by atoms with Crippen LogP contribution in [-0.2, 0) is 4.79 Å². The Bertz CT molecular complexity index is 1230. The molecule has 4 rings (SSSR count). The second-order valence-electron chi connectivity index (χ2n) is 8.77. The lowest BCUT2D eigenvalue weighted by Gasteiger charge is -2.35. The molecule has 10 heteroatoms. The molecule has 0 radical (unpaired) electrons. The average molecular weight is 550 g/mol. The molecule has 7 nitrogen and oxygen atoms in total. The van der Waals surface area contributed by atoms with Crippen LogP contribution in [0, 0.1) is 0 Å². The number of aromatic nitrogens is 2. The van der Waals surface area contributed by atoms with Crippen LogP contribution in [0.5, 0.6) is 0 Å². The average Bonchev–Trinajstić information content (AvgIpc) is 3.38. The Morgan fingerprint density at radius 3 is 2.69 bits per heavy atom. The molecule has 1 aromatic heterocycles. The maximum Gasteiger partial charge on any atom is 0.254 e. The van der Waals surface area contributed by atoms with E-state index in [1.54, 1.807) is 34.1 Å². The Hall–Kier alpha value is -2.61. The van der Waals surface area contributed by atoms with Crippen LogP contribution in [0.3, 0.4) is 0 Å². The van der Waals surface area contributed by atoms with Gasteiger partial charge >= 0.3 is 0 Å². The van der Waals surface area contributed by atoms with Crippen LogP contribution in [0.4, 0.5) is 0 Å². The topological polar surface area (TPSA) is 79.5 Å². The van der Waals surface area contributed by atoms with Crippen LogP contribution in [-0.4, -0.2) is 51.4 Å². The molecule has 1 aliphatic rings. The number of amides is 2. The third kappa shape index (κ3) is 6.20. The summed E-state index contributed by atoms with van der Waals surface area (Å²) in [4.78, 5) is 34.7. The summed E-state index contributed by atoms with van der Waals surface area (Å²) < 4.78 is 5.58. The molecule has 1 atom stereocenters. The molecule has 0 N–H and O–H groups in total. The molecular weight excluding hydrogens is 523 g/mol. The standard InChI is InChI=1S/C26H27Cl3N4O3/c1-2-3-12-32(26(35)18-10-11-20(28)21(29)15-18)16-23(34)33-13-5-4-9-22(33)25-30-24(31-36-25)17-7-6-8-19(27)14-17/h6-8,10-11,14-15,22H,2-5,9,12-13,16H2,1H3. The highest BCUT2D eigenvalue weighted by atomic mass is 35.5. The first kappa shape index (κ1) is 26.5. The Morgan fingerprint density at radius 1 is 1.11 bits per heavy atom. The smallest absolute Gasteiger partial charge is 0.254 e. The second kappa shape index (κ2) is 12.1. The number of halogens is 3. The fourth-order valence-electron chi connectivity index (χ4n) is 4.27. The van der Waals surface area contributed by atoms with Gasteiger partial charge in [-0.2, -0.15) is 4.98 Å². The normalized spacial score (nSPS) is 15.7. The van der Waals surface area contributed by atoms with Crippen molar-refractivity contribution in [2.75, 3.05) is 19.6 Å². The summed E-state index contributed by atoms with van der Waals surface area (Å²) >= 11 is 18.2. The summed E-state index contributed by atoms with van der Waals surface area (Å²) in [6.07, 6.45) is 4.17. The molecular formula is C26H27Cl3N4O3. The van der Waals surface area contributed by atoms with Gasteiger partial charge in [0.2, 0.25) is 17.6 Å². The zero-order valence-corrected chi connectivity index (χ0v) is 22.2. The van der Waals surface area contributed by atoms with Gasteiger partial charge in [0.25, 0.3) is 5.91 Å². The van der Waals surface area contributed by atoms with Gasteiger partial charge in [0.1, 0.15) is 12.6 Å².